The fourth-order valence-corrected chi connectivity index (χ4v) is 15.1. The van der Waals surface area contributed by atoms with E-state index < -0.39 is 15.8 Å². The van der Waals surface area contributed by atoms with E-state index in [-0.39, 0.29) is 44.8 Å². The minimum absolute atomic E-state index is 0. The third-order valence-electron chi connectivity index (χ3n) is 10.1. The van der Waals surface area contributed by atoms with Gasteiger partial charge in [-0.2, -0.15) is 0 Å². The third kappa shape index (κ3) is 10.5. The van der Waals surface area contributed by atoms with Crippen LogP contribution in [-0.2, 0) is 44.8 Å². The standard InChI is InChI=1S/C25H24P2.2C14H7O.Ag.Au/c1-5-13-22(14-6-1)26(23-15-7-2-8-16-23)21-27(24-17-9-3-10-18-24)25-19-11-4-12-20-25;2*1-2-10-7-8-12-11-5-3-4-6-13(11)15-14(12)9-10;;/h1-3,5-11,13-20H,4,12,21H2;2*3-9H;;/q;2*-1;2*+1/p+2. The molecule has 2 aromatic heterocycles. The molecule has 0 amide bonds. The summed E-state index contributed by atoms with van der Waals surface area (Å²) in [4.78, 5) is 0. The van der Waals surface area contributed by atoms with Crippen molar-refractivity contribution in [3.05, 3.63) is 223 Å². The largest absolute Gasteiger partial charge is 1.00 e. The van der Waals surface area contributed by atoms with Crippen molar-refractivity contribution >= 4 is 75.6 Å². The zero-order valence-electron chi connectivity index (χ0n) is 32.0. The van der Waals surface area contributed by atoms with Gasteiger partial charge in [0.1, 0.15) is 54.1 Å². The molecule has 0 saturated heterocycles. The first-order valence-electron chi connectivity index (χ1n) is 19.1. The summed E-state index contributed by atoms with van der Waals surface area (Å²) in [5, 5.41) is 10.6. The van der Waals surface area contributed by atoms with Crippen molar-refractivity contribution in [3.63, 3.8) is 0 Å². The van der Waals surface area contributed by atoms with Gasteiger partial charge in [-0.3, -0.25) is 11.8 Å². The van der Waals surface area contributed by atoms with Gasteiger partial charge >= 0.3 is 44.8 Å². The van der Waals surface area contributed by atoms with Gasteiger partial charge in [0.25, 0.3) is 0 Å². The molecule has 2 nitrogen and oxygen atoms in total. The Kier molecular flexibility index (Phi) is 15.8. The Bertz CT molecular complexity index is 2760. The van der Waals surface area contributed by atoms with Gasteiger partial charge in [-0.05, 0) is 73.5 Å². The second-order valence-corrected chi connectivity index (χ2v) is 19.4. The molecule has 0 radical (unpaired) electrons. The molecule has 10 rings (SSSR count). The number of hydrogen-bond donors (Lipinski definition) is 0. The number of benzene rings is 7. The van der Waals surface area contributed by atoms with Crippen LogP contribution in [-0.4, -0.2) is 5.90 Å². The maximum absolute atomic E-state index is 7.06. The molecule has 0 saturated carbocycles. The summed E-state index contributed by atoms with van der Waals surface area (Å²) in [6, 6.07) is 60.8. The predicted molar refractivity (Wildman–Crippen MR) is 246 cm³/mol. The van der Waals surface area contributed by atoms with Gasteiger partial charge in [0.15, 0.2) is 5.90 Å². The van der Waals surface area contributed by atoms with Gasteiger partial charge in [-0.25, -0.2) is 0 Å². The van der Waals surface area contributed by atoms with Gasteiger partial charge in [-0.15, -0.1) is 23.3 Å². The molecule has 0 bridgehead atoms. The van der Waals surface area contributed by atoms with Crippen LogP contribution < -0.4 is 15.9 Å². The normalized spacial score (nSPS) is 12.2. The molecule has 9 aromatic rings. The minimum atomic E-state index is -0.823. The van der Waals surface area contributed by atoms with E-state index in [0.717, 1.165) is 55.0 Å². The Hall–Kier alpha value is -4.92. The molecule has 0 aliphatic heterocycles. The van der Waals surface area contributed by atoms with Gasteiger partial charge < -0.3 is 21.7 Å². The van der Waals surface area contributed by atoms with Crippen LogP contribution in [0.2, 0.25) is 0 Å². The summed E-state index contributed by atoms with van der Waals surface area (Å²) < 4.78 is 11.3. The molecular weight excluding hydrogens is 1040 g/mol. The van der Waals surface area contributed by atoms with E-state index in [4.69, 9.17) is 21.7 Å². The molecule has 2 heterocycles. The molecule has 7 aromatic carbocycles. The van der Waals surface area contributed by atoms with Gasteiger partial charge in [0.2, 0.25) is 0 Å². The molecular formula is C53H40AgAuO2P2+2. The first-order chi connectivity index (χ1) is 28.2. The number of fused-ring (bicyclic) bond motifs is 6. The van der Waals surface area contributed by atoms with E-state index in [1.165, 1.54) is 34.7 Å². The SMILES string of the molecule is C1=CC([PH+](C[PH+](c2ccccc2)c2ccccc2)c2ccccc2)=CCC1.[Ag+].[Au+].[C-]#Cc1ccc2c(c1)oc1ccccc12.[C-]#Cc1ccc2c(c1)oc1ccccc12. The summed E-state index contributed by atoms with van der Waals surface area (Å²) in [6.45, 7) is 0. The topological polar surface area (TPSA) is 26.3 Å². The van der Waals surface area contributed by atoms with E-state index in [1.807, 2.05) is 84.9 Å². The van der Waals surface area contributed by atoms with Crippen LogP contribution in [0.4, 0.5) is 0 Å². The quantitative estimate of drug-likeness (QED) is 0.0718. The number of furan rings is 2. The maximum Gasteiger partial charge on any atom is 1.00 e. The number of rotatable bonds is 6. The molecule has 0 fully saturated rings. The second-order valence-electron chi connectivity index (χ2n) is 13.7. The smallest absolute Gasteiger partial charge is 0.458 e. The Labute approximate surface area is 380 Å². The molecule has 294 valence electrons. The Morgan fingerprint density at radius 2 is 0.864 bits per heavy atom. The van der Waals surface area contributed by atoms with Crippen LogP contribution >= 0.6 is 15.8 Å². The maximum atomic E-state index is 7.06. The van der Waals surface area contributed by atoms with Gasteiger partial charge in [0.05, 0.1) is 5.31 Å². The monoisotopic (exact) mass is 1070 g/mol. The summed E-state index contributed by atoms with van der Waals surface area (Å²) in [6.07, 6.45) is 23.8. The Morgan fingerprint density at radius 3 is 1.29 bits per heavy atom. The number of para-hydroxylation sites is 2. The van der Waals surface area contributed by atoms with Crippen molar-refractivity contribution < 1.29 is 53.6 Å². The van der Waals surface area contributed by atoms with Crippen molar-refractivity contribution in [1.82, 2.24) is 0 Å². The van der Waals surface area contributed by atoms with Crippen LogP contribution in [0.1, 0.15) is 24.0 Å². The first-order valence-corrected chi connectivity index (χ1v) is 22.5. The second kappa shape index (κ2) is 21.4. The molecule has 1 unspecified atom stereocenters. The van der Waals surface area contributed by atoms with Crippen LogP contribution in [0.3, 0.4) is 0 Å². The zero-order chi connectivity index (χ0) is 38.8. The Morgan fingerprint density at radius 1 is 0.458 bits per heavy atom. The fraction of sp³-hybridized carbons (Fsp3) is 0.0566. The summed E-state index contributed by atoms with van der Waals surface area (Å²) in [5.74, 6) is 5.99. The molecule has 1 atom stereocenters. The van der Waals surface area contributed by atoms with Gasteiger partial charge in [-0.1, -0.05) is 121 Å². The zero-order valence-corrected chi connectivity index (χ0v) is 37.7. The summed E-state index contributed by atoms with van der Waals surface area (Å²) in [7, 11) is -1.62. The fourth-order valence-electron chi connectivity index (χ4n) is 7.28. The number of hydrogen-bond acceptors (Lipinski definition) is 2. The number of allylic oxidation sites excluding steroid dienone is 4. The van der Waals surface area contributed by atoms with E-state index in [2.05, 4.69) is 121 Å². The van der Waals surface area contributed by atoms with Crippen molar-refractivity contribution in [3.8, 4) is 11.8 Å². The predicted octanol–water partition coefficient (Wildman–Crippen LogP) is 12.6. The van der Waals surface area contributed by atoms with E-state index in [9.17, 15) is 0 Å². The summed E-state index contributed by atoms with van der Waals surface area (Å²) in [5.41, 5.74) is 4.87. The molecule has 0 N–H and O–H groups in total. The van der Waals surface area contributed by atoms with Crippen molar-refractivity contribution in [2.75, 3.05) is 5.90 Å². The van der Waals surface area contributed by atoms with Gasteiger partial charge in [0, 0.05) is 21.5 Å². The first kappa shape index (κ1) is 43.7. The average Bonchev–Trinajstić information content (AvgIpc) is 3.86. The van der Waals surface area contributed by atoms with Crippen LogP contribution in [0.15, 0.2) is 208 Å². The summed E-state index contributed by atoms with van der Waals surface area (Å²) >= 11 is 0. The molecule has 0 spiro atoms. The molecule has 59 heavy (non-hydrogen) atoms. The van der Waals surface area contributed by atoms with Crippen LogP contribution in [0.25, 0.3) is 43.9 Å². The van der Waals surface area contributed by atoms with E-state index in [1.54, 1.807) is 5.31 Å². The molecule has 1 aliphatic rings. The van der Waals surface area contributed by atoms with E-state index in [0.29, 0.717) is 0 Å². The minimum Gasteiger partial charge on any atom is -0.458 e. The van der Waals surface area contributed by atoms with E-state index >= 15 is 0 Å². The third-order valence-corrected chi connectivity index (χ3v) is 17.1. The van der Waals surface area contributed by atoms with Crippen molar-refractivity contribution in [2.45, 2.75) is 12.8 Å². The molecule has 6 heteroatoms. The van der Waals surface area contributed by atoms with Crippen molar-refractivity contribution in [1.29, 1.82) is 0 Å². The average molecular weight is 1080 g/mol. The Balaban J connectivity index is 0.000000156. The van der Waals surface area contributed by atoms with Crippen molar-refractivity contribution in [2.24, 2.45) is 0 Å². The molecule has 1 aliphatic carbocycles. The van der Waals surface area contributed by atoms with Crippen LogP contribution in [0.5, 0.6) is 0 Å². The van der Waals surface area contributed by atoms with Crippen LogP contribution in [0, 0.1) is 24.7 Å².